The van der Waals surface area contributed by atoms with Crippen molar-refractivity contribution in [2.45, 2.75) is 79.4 Å². The summed E-state index contributed by atoms with van der Waals surface area (Å²) in [7, 11) is 0. The number of thioether (sulfide) groups is 1. The van der Waals surface area contributed by atoms with Gasteiger partial charge in [0.05, 0.1) is 29.2 Å². The van der Waals surface area contributed by atoms with E-state index in [9.17, 15) is 19.5 Å². The zero-order valence-electron chi connectivity index (χ0n) is 19.9. The number of likely N-dealkylation sites (tertiary alicyclic amines) is 1. The Bertz CT molecular complexity index is 930. The first-order valence-electron chi connectivity index (χ1n) is 12.2. The van der Waals surface area contributed by atoms with Gasteiger partial charge in [-0.15, -0.1) is 11.8 Å². The number of alkyl halides is 1. The molecule has 8 atom stereocenters. The monoisotopic (exact) mass is 551 g/mol. The van der Waals surface area contributed by atoms with E-state index in [0.29, 0.717) is 18.5 Å². The molecule has 1 aromatic carbocycles. The molecule has 7 nitrogen and oxygen atoms in total. The summed E-state index contributed by atoms with van der Waals surface area (Å²) >= 11 is 5.39. The van der Waals surface area contributed by atoms with Crippen molar-refractivity contribution in [3.63, 3.8) is 0 Å². The number of anilines is 1. The lowest BCUT2D eigenvalue weighted by Crippen LogP contribution is -2.58. The molecule has 34 heavy (non-hydrogen) atoms. The maximum atomic E-state index is 14.0. The number of halogens is 1. The number of fused-ring (bicyclic) bond motifs is 1. The molecule has 3 amide bonds. The molecule has 1 spiro atoms. The number of rotatable bonds is 9. The van der Waals surface area contributed by atoms with Crippen LogP contribution in [0.25, 0.3) is 0 Å². The number of benzene rings is 1. The van der Waals surface area contributed by atoms with Crippen LogP contribution >= 0.6 is 27.7 Å². The molecule has 3 saturated heterocycles. The zero-order chi connectivity index (χ0) is 24.6. The Balaban J connectivity index is 1.71. The van der Waals surface area contributed by atoms with E-state index in [4.69, 9.17) is 0 Å². The topological polar surface area (TPSA) is 98.7 Å². The van der Waals surface area contributed by atoms with Crippen LogP contribution < -0.4 is 10.6 Å². The highest BCUT2D eigenvalue weighted by Crippen LogP contribution is 2.68. The van der Waals surface area contributed by atoms with Crippen molar-refractivity contribution in [2.24, 2.45) is 11.8 Å². The molecule has 0 radical (unpaired) electrons. The van der Waals surface area contributed by atoms with Crippen LogP contribution in [0.15, 0.2) is 30.3 Å². The SMILES string of the molecule is CCCC(C)NC(=O)C1N([C@@H](CC)CO)C(=O)[C@@H]2[C@H](C(=O)Nc3ccccc3)[C@H]3SC12CC3Br. The number of amides is 3. The molecule has 3 aliphatic rings. The number of aliphatic hydroxyl groups excluding tert-OH is 1. The summed E-state index contributed by atoms with van der Waals surface area (Å²) in [5, 5.41) is 16.1. The van der Waals surface area contributed by atoms with Crippen LogP contribution in [0.5, 0.6) is 0 Å². The lowest BCUT2D eigenvalue weighted by molar-refractivity contribution is -0.142. The molecule has 9 heteroatoms. The molecule has 0 aliphatic carbocycles. The number of hydrogen-bond acceptors (Lipinski definition) is 5. The fourth-order valence-corrected chi connectivity index (χ4v) is 9.65. The molecule has 3 fully saturated rings. The lowest BCUT2D eigenvalue weighted by atomic mass is 9.70. The number of carbonyl (C=O) groups excluding carboxylic acids is 3. The molecular weight excluding hydrogens is 518 g/mol. The molecule has 186 valence electrons. The van der Waals surface area contributed by atoms with E-state index in [1.165, 1.54) is 0 Å². The molecule has 3 aliphatic heterocycles. The second-order valence-electron chi connectivity index (χ2n) is 9.71. The van der Waals surface area contributed by atoms with Gasteiger partial charge in [-0.3, -0.25) is 14.4 Å². The first-order chi connectivity index (χ1) is 16.3. The van der Waals surface area contributed by atoms with Crippen LogP contribution in [0.3, 0.4) is 0 Å². The van der Waals surface area contributed by atoms with Crippen molar-refractivity contribution in [1.29, 1.82) is 0 Å². The Morgan fingerprint density at radius 1 is 1.26 bits per heavy atom. The minimum atomic E-state index is -0.717. The minimum Gasteiger partial charge on any atom is -0.394 e. The van der Waals surface area contributed by atoms with Gasteiger partial charge in [-0.2, -0.15) is 0 Å². The van der Waals surface area contributed by atoms with Gasteiger partial charge in [-0.05, 0) is 38.3 Å². The van der Waals surface area contributed by atoms with E-state index in [2.05, 4.69) is 33.5 Å². The van der Waals surface area contributed by atoms with E-state index in [-0.39, 0.29) is 40.4 Å². The Hall–Kier alpha value is -1.58. The first kappa shape index (κ1) is 25.5. The Morgan fingerprint density at radius 2 is 1.97 bits per heavy atom. The van der Waals surface area contributed by atoms with Gasteiger partial charge in [0.25, 0.3) is 0 Å². The van der Waals surface area contributed by atoms with Crippen molar-refractivity contribution < 1.29 is 19.5 Å². The molecule has 0 saturated carbocycles. The maximum Gasteiger partial charge on any atom is 0.244 e. The van der Waals surface area contributed by atoms with E-state index < -0.39 is 28.7 Å². The van der Waals surface area contributed by atoms with E-state index in [0.717, 1.165) is 12.8 Å². The standard InChI is InChI=1S/C25H34BrN3O4S/c1-4-9-14(3)27-23(32)21-25-12-17(26)20(34-25)18(22(31)28-15-10-7-6-8-11-15)19(25)24(33)29(21)16(5-2)13-30/h6-8,10-11,14,16-21,30H,4-5,9,12-13H2,1-3H3,(H,27,32)(H,28,31)/t14?,16-,17?,18-,19-,20-,21?,25?/m0/s1. The van der Waals surface area contributed by atoms with Crippen molar-refractivity contribution in [3.8, 4) is 0 Å². The highest BCUT2D eigenvalue weighted by molar-refractivity contribution is 9.09. The fraction of sp³-hybridized carbons (Fsp3) is 0.640. The molecule has 3 heterocycles. The number of nitrogens with zero attached hydrogens (tertiary/aromatic N) is 1. The predicted molar refractivity (Wildman–Crippen MR) is 138 cm³/mol. The van der Waals surface area contributed by atoms with Crippen LogP contribution in [0.1, 0.15) is 46.5 Å². The first-order valence-corrected chi connectivity index (χ1v) is 14.0. The van der Waals surface area contributed by atoms with Gasteiger partial charge in [0.2, 0.25) is 17.7 Å². The summed E-state index contributed by atoms with van der Waals surface area (Å²) in [6, 6.07) is 8.05. The molecule has 2 bridgehead atoms. The summed E-state index contributed by atoms with van der Waals surface area (Å²) < 4.78 is -0.701. The van der Waals surface area contributed by atoms with E-state index in [1.54, 1.807) is 16.7 Å². The zero-order valence-corrected chi connectivity index (χ0v) is 22.3. The Morgan fingerprint density at radius 3 is 2.59 bits per heavy atom. The summed E-state index contributed by atoms with van der Waals surface area (Å²) in [5.74, 6) is -1.71. The van der Waals surface area contributed by atoms with Gasteiger partial charge in [0.1, 0.15) is 6.04 Å². The van der Waals surface area contributed by atoms with Gasteiger partial charge < -0.3 is 20.6 Å². The average molecular weight is 553 g/mol. The van der Waals surface area contributed by atoms with Crippen molar-refractivity contribution >= 4 is 51.1 Å². The summed E-state index contributed by atoms with van der Waals surface area (Å²) in [6.07, 6.45) is 2.95. The second kappa shape index (κ2) is 10.2. The van der Waals surface area contributed by atoms with Crippen LogP contribution in [0.2, 0.25) is 0 Å². The lowest BCUT2D eigenvalue weighted by Gasteiger charge is -2.37. The van der Waals surface area contributed by atoms with Crippen molar-refractivity contribution in [3.05, 3.63) is 30.3 Å². The molecular formula is C25H34BrN3O4S. The van der Waals surface area contributed by atoms with Gasteiger partial charge in [-0.25, -0.2) is 0 Å². The molecule has 1 aromatic rings. The van der Waals surface area contributed by atoms with Crippen molar-refractivity contribution in [2.75, 3.05) is 11.9 Å². The Labute approximate surface area is 213 Å². The highest BCUT2D eigenvalue weighted by Gasteiger charge is 2.76. The fourth-order valence-electron chi connectivity index (χ4n) is 6.05. The van der Waals surface area contributed by atoms with E-state index in [1.807, 2.05) is 44.2 Å². The number of hydrogen-bond donors (Lipinski definition) is 3. The summed E-state index contributed by atoms with van der Waals surface area (Å²) in [5.41, 5.74) is 0.687. The molecule has 3 N–H and O–H groups in total. The molecule has 4 unspecified atom stereocenters. The van der Waals surface area contributed by atoms with Crippen LogP contribution in [-0.4, -0.2) is 67.3 Å². The highest BCUT2D eigenvalue weighted by atomic mass is 79.9. The Kier molecular flexibility index (Phi) is 7.64. The maximum absolute atomic E-state index is 14.0. The molecule has 0 aromatic heterocycles. The van der Waals surface area contributed by atoms with Gasteiger partial charge >= 0.3 is 0 Å². The van der Waals surface area contributed by atoms with Gasteiger partial charge in [-0.1, -0.05) is 54.4 Å². The van der Waals surface area contributed by atoms with Gasteiger partial charge in [0, 0.05) is 21.8 Å². The number of para-hydroxylation sites is 1. The van der Waals surface area contributed by atoms with Gasteiger partial charge in [0.15, 0.2) is 0 Å². The van der Waals surface area contributed by atoms with Crippen LogP contribution in [0, 0.1) is 11.8 Å². The second-order valence-corrected chi connectivity index (χ2v) is 12.4. The summed E-state index contributed by atoms with van der Waals surface area (Å²) in [4.78, 5) is 42.8. The third-order valence-corrected chi connectivity index (χ3v) is 10.7. The van der Waals surface area contributed by atoms with Crippen LogP contribution in [-0.2, 0) is 14.4 Å². The summed E-state index contributed by atoms with van der Waals surface area (Å²) in [6.45, 7) is 5.74. The number of aliphatic hydroxyl groups is 1. The number of nitrogens with one attached hydrogen (secondary N) is 2. The normalized spacial score (nSPS) is 33.5. The van der Waals surface area contributed by atoms with Crippen molar-refractivity contribution in [1.82, 2.24) is 10.2 Å². The predicted octanol–water partition coefficient (Wildman–Crippen LogP) is 3.17. The third kappa shape index (κ3) is 4.17. The van der Waals surface area contributed by atoms with E-state index >= 15 is 0 Å². The largest absolute Gasteiger partial charge is 0.394 e. The third-order valence-electron chi connectivity index (χ3n) is 7.51. The quantitative estimate of drug-likeness (QED) is 0.409. The molecule has 4 rings (SSSR count). The minimum absolute atomic E-state index is 0.0142. The average Bonchev–Trinajstić information content (AvgIpc) is 3.39. The number of carbonyl (C=O) groups is 3. The van der Waals surface area contributed by atoms with Crippen LogP contribution in [0.4, 0.5) is 5.69 Å². The smallest absolute Gasteiger partial charge is 0.244 e.